The molecule has 0 aromatic heterocycles. The molecular weight excluding hydrogens is 321 g/mol. The van der Waals surface area contributed by atoms with Crippen LogP contribution in [0, 0.1) is 0 Å². The van der Waals surface area contributed by atoms with E-state index in [1.807, 2.05) is 30.3 Å². The average molecular weight is 350 g/mol. The number of carbonyl (C=O) groups is 1. The number of carbonyl (C=O) groups excluding carboxylic acids is 1. The first-order chi connectivity index (χ1) is 9.63. The summed E-state index contributed by atoms with van der Waals surface area (Å²) in [5.41, 5.74) is 7.01. The second-order valence-corrected chi connectivity index (χ2v) is 5.24. The summed E-state index contributed by atoms with van der Waals surface area (Å²) >= 11 is 0. The highest BCUT2D eigenvalue weighted by Crippen LogP contribution is 2.01. The SMILES string of the molecule is CCCCN(C)CCNC(=O)C(N)Cc1ccccc1.Cl.Cl. The van der Waals surface area contributed by atoms with Crippen molar-refractivity contribution in [2.24, 2.45) is 5.73 Å². The van der Waals surface area contributed by atoms with Crippen molar-refractivity contribution in [3.8, 4) is 0 Å². The van der Waals surface area contributed by atoms with Gasteiger partial charge in [-0.1, -0.05) is 43.7 Å². The number of hydrogen-bond acceptors (Lipinski definition) is 3. The van der Waals surface area contributed by atoms with Gasteiger partial charge in [-0.25, -0.2) is 0 Å². The number of rotatable bonds is 9. The van der Waals surface area contributed by atoms with Gasteiger partial charge in [0, 0.05) is 13.1 Å². The Morgan fingerprint density at radius 1 is 1.23 bits per heavy atom. The van der Waals surface area contributed by atoms with Crippen molar-refractivity contribution in [1.29, 1.82) is 0 Å². The van der Waals surface area contributed by atoms with Gasteiger partial charge >= 0.3 is 0 Å². The van der Waals surface area contributed by atoms with E-state index in [1.165, 1.54) is 12.8 Å². The Morgan fingerprint density at radius 2 is 1.86 bits per heavy atom. The third-order valence-corrected chi connectivity index (χ3v) is 3.32. The third kappa shape index (κ3) is 10.0. The number of hydrogen-bond donors (Lipinski definition) is 2. The molecule has 0 saturated carbocycles. The number of amides is 1. The van der Waals surface area contributed by atoms with Crippen molar-refractivity contribution >= 4 is 30.7 Å². The minimum atomic E-state index is -0.474. The number of unbranched alkanes of at least 4 members (excludes halogenated alkanes) is 1. The lowest BCUT2D eigenvalue weighted by atomic mass is 10.1. The van der Waals surface area contributed by atoms with Gasteiger partial charge in [-0.15, -0.1) is 24.8 Å². The summed E-state index contributed by atoms with van der Waals surface area (Å²) < 4.78 is 0. The van der Waals surface area contributed by atoms with Crippen LogP contribution in [0.3, 0.4) is 0 Å². The number of likely N-dealkylation sites (N-methyl/N-ethyl adjacent to an activating group) is 1. The van der Waals surface area contributed by atoms with Crippen LogP contribution in [0.4, 0.5) is 0 Å². The molecule has 0 aliphatic heterocycles. The molecule has 1 amide bonds. The fourth-order valence-corrected chi connectivity index (χ4v) is 2.00. The molecule has 0 spiro atoms. The number of nitrogens with zero attached hydrogens (tertiary/aromatic N) is 1. The molecule has 1 aromatic rings. The Labute approximate surface area is 146 Å². The van der Waals surface area contributed by atoms with Crippen molar-refractivity contribution in [1.82, 2.24) is 10.2 Å². The maximum absolute atomic E-state index is 11.9. The molecule has 128 valence electrons. The van der Waals surface area contributed by atoms with Gasteiger partial charge in [0.25, 0.3) is 0 Å². The van der Waals surface area contributed by atoms with Crippen molar-refractivity contribution < 1.29 is 4.79 Å². The highest BCUT2D eigenvalue weighted by Gasteiger charge is 2.13. The zero-order chi connectivity index (χ0) is 14.8. The van der Waals surface area contributed by atoms with Gasteiger partial charge in [0.15, 0.2) is 0 Å². The Kier molecular flexibility index (Phi) is 14.7. The Morgan fingerprint density at radius 3 is 2.45 bits per heavy atom. The molecule has 3 N–H and O–H groups in total. The van der Waals surface area contributed by atoms with E-state index >= 15 is 0 Å². The van der Waals surface area contributed by atoms with Crippen molar-refractivity contribution in [2.75, 3.05) is 26.7 Å². The number of nitrogens with one attached hydrogen (secondary N) is 1. The standard InChI is InChI=1S/C16H27N3O.2ClH/c1-3-4-11-19(2)12-10-18-16(20)15(17)13-14-8-6-5-7-9-14;;/h5-9,15H,3-4,10-13,17H2,1-2H3,(H,18,20);2*1H. The minimum absolute atomic E-state index is 0. The number of halogens is 2. The third-order valence-electron chi connectivity index (χ3n) is 3.32. The summed E-state index contributed by atoms with van der Waals surface area (Å²) in [6, 6.07) is 9.39. The predicted molar refractivity (Wildman–Crippen MR) is 98.0 cm³/mol. The summed E-state index contributed by atoms with van der Waals surface area (Å²) in [5, 5.41) is 2.90. The summed E-state index contributed by atoms with van der Waals surface area (Å²) in [4.78, 5) is 14.1. The lowest BCUT2D eigenvalue weighted by molar-refractivity contribution is -0.122. The Bertz CT molecular complexity index is 390. The molecule has 1 rings (SSSR count). The van der Waals surface area contributed by atoms with Crippen LogP contribution in [0.15, 0.2) is 30.3 Å². The smallest absolute Gasteiger partial charge is 0.237 e. The van der Waals surface area contributed by atoms with Crippen LogP contribution in [0.1, 0.15) is 25.3 Å². The second-order valence-electron chi connectivity index (χ2n) is 5.24. The topological polar surface area (TPSA) is 58.4 Å². The number of nitrogens with two attached hydrogens (primary N) is 1. The van der Waals surface area contributed by atoms with Gasteiger partial charge in [-0.3, -0.25) is 4.79 Å². The molecule has 4 nitrogen and oxygen atoms in total. The van der Waals surface area contributed by atoms with Crippen molar-refractivity contribution in [2.45, 2.75) is 32.2 Å². The van der Waals surface area contributed by atoms with E-state index in [0.29, 0.717) is 13.0 Å². The normalized spacial score (nSPS) is 11.3. The molecule has 0 heterocycles. The van der Waals surface area contributed by atoms with Gasteiger partial charge in [-0.05, 0) is 32.0 Å². The second kappa shape index (κ2) is 13.8. The minimum Gasteiger partial charge on any atom is -0.353 e. The first-order valence-corrected chi connectivity index (χ1v) is 7.39. The van der Waals surface area contributed by atoms with Crippen LogP contribution in [-0.2, 0) is 11.2 Å². The quantitative estimate of drug-likeness (QED) is 0.718. The van der Waals surface area contributed by atoms with Crippen LogP contribution in [0.25, 0.3) is 0 Å². The zero-order valence-corrected chi connectivity index (χ0v) is 15.1. The molecule has 0 bridgehead atoms. The van der Waals surface area contributed by atoms with E-state index < -0.39 is 6.04 Å². The van der Waals surface area contributed by atoms with Crippen LogP contribution < -0.4 is 11.1 Å². The van der Waals surface area contributed by atoms with Crippen molar-refractivity contribution in [3.63, 3.8) is 0 Å². The molecular formula is C16H29Cl2N3O. The number of benzene rings is 1. The lowest BCUT2D eigenvalue weighted by Gasteiger charge is -2.17. The monoisotopic (exact) mass is 349 g/mol. The maximum atomic E-state index is 11.9. The molecule has 0 radical (unpaired) electrons. The highest BCUT2D eigenvalue weighted by atomic mass is 35.5. The fourth-order valence-electron chi connectivity index (χ4n) is 2.00. The highest BCUT2D eigenvalue weighted by molar-refractivity contribution is 5.85. The van der Waals surface area contributed by atoms with Crippen LogP contribution in [-0.4, -0.2) is 43.5 Å². The molecule has 0 aliphatic carbocycles. The predicted octanol–water partition coefficient (Wildman–Crippen LogP) is 2.25. The van der Waals surface area contributed by atoms with Gasteiger partial charge < -0.3 is 16.0 Å². The Hall–Kier alpha value is -0.810. The van der Waals surface area contributed by atoms with E-state index in [1.54, 1.807) is 0 Å². The molecule has 1 unspecified atom stereocenters. The fraction of sp³-hybridized carbons (Fsp3) is 0.562. The largest absolute Gasteiger partial charge is 0.353 e. The zero-order valence-electron chi connectivity index (χ0n) is 13.5. The van der Waals surface area contributed by atoms with E-state index in [0.717, 1.165) is 18.7 Å². The van der Waals surface area contributed by atoms with Gasteiger partial charge in [0.1, 0.15) is 0 Å². The van der Waals surface area contributed by atoms with Gasteiger partial charge in [0.2, 0.25) is 5.91 Å². The molecule has 22 heavy (non-hydrogen) atoms. The van der Waals surface area contributed by atoms with Gasteiger partial charge in [0.05, 0.1) is 6.04 Å². The Balaban J connectivity index is 0. The first kappa shape index (κ1) is 23.5. The molecule has 0 saturated heterocycles. The summed E-state index contributed by atoms with van der Waals surface area (Å²) in [5.74, 6) is -0.0715. The molecule has 1 atom stereocenters. The van der Waals surface area contributed by atoms with Crippen LogP contribution in [0.5, 0.6) is 0 Å². The van der Waals surface area contributed by atoms with Crippen molar-refractivity contribution in [3.05, 3.63) is 35.9 Å². The van der Waals surface area contributed by atoms with Gasteiger partial charge in [-0.2, -0.15) is 0 Å². The summed E-state index contributed by atoms with van der Waals surface area (Å²) in [7, 11) is 2.08. The van der Waals surface area contributed by atoms with E-state index in [9.17, 15) is 4.79 Å². The average Bonchev–Trinajstić information content (AvgIpc) is 2.46. The lowest BCUT2D eigenvalue weighted by Crippen LogP contribution is -2.44. The summed E-state index contributed by atoms with van der Waals surface area (Å²) in [6.45, 7) is 4.77. The van der Waals surface area contributed by atoms with E-state index in [-0.39, 0.29) is 30.7 Å². The molecule has 0 fully saturated rings. The van der Waals surface area contributed by atoms with E-state index in [4.69, 9.17) is 5.73 Å². The molecule has 6 heteroatoms. The maximum Gasteiger partial charge on any atom is 0.237 e. The van der Waals surface area contributed by atoms with E-state index in [2.05, 4.69) is 24.2 Å². The first-order valence-electron chi connectivity index (χ1n) is 7.39. The molecule has 1 aromatic carbocycles. The van der Waals surface area contributed by atoms with Crippen LogP contribution >= 0.6 is 24.8 Å². The molecule has 0 aliphatic rings. The summed E-state index contributed by atoms with van der Waals surface area (Å²) in [6.07, 6.45) is 2.97. The van der Waals surface area contributed by atoms with Crippen LogP contribution in [0.2, 0.25) is 0 Å².